The minimum absolute atomic E-state index is 0.182. The molecule has 0 aromatic carbocycles. The first-order chi connectivity index (χ1) is 4.81. The summed E-state index contributed by atoms with van der Waals surface area (Å²) in [5, 5.41) is 11.5. The van der Waals surface area contributed by atoms with Crippen molar-refractivity contribution >= 4 is 0 Å². The van der Waals surface area contributed by atoms with Crippen molar-refractivity contribution in [1.82, 2.24) is 5.32 Å². The van der Waals surface area contributed by atoms with Gasteiger partial charge in [-0.2, -0.15) is 0 Å². The Hall–Kier alpha value is -0.760. The molecule has 0 saturated heterocycles. The summed E-state index contributed by atoms with van der Waals surface area (Å²) < 4.78 is 0. The zero-order chi connectivity index (χ0) is 7.82. The normalized spacial score (nSPS) is 12.5. The van der Waals surface area contributed by atoms with E-state index >= 15 is 0 Å². The fourth-order valence-electron chi connectivity index (χ4n) is 0.553. The van der Waals surface area contributed by atoms with Gasteiger partial charge in [0, 0.05) is 12.2 Å². The highest BCUT2D eigenvalue weighted by Crippen LogP contribution is 1.85. The summed E-state index contributed by atoms with van der Waals surface area (Å²) in [6.45, 7) is 4.74. The van der Waals surface area contributed by atoms with Gasteiger partial charge in [-0.3, -0.25) is 0 Å². The molecule has 0 aliphatic carbocycles. The topological polar surface area (TPSA) is 32.3 Å². The Labute approximate surface area is 62.3 Å². The van der Waals surface area contributed by atoms with Crippen LogP contribution in [0.2, 0.25) is 0 Å². The number of allylic oxidation sites excluding steroid dienone is 4. The van der Waals surface area contributed by atoms with Crippen molar-refractivity contribution < 1.29 is 5.11 Å². The molecule has 0 saturated carbocycles. The van der Waals surface area contributed by atoms with Crippen LogP contribution in [0.1, 0.15) is 13.8 Å². The van der Waals surface area contributed by atoms with Crippen LogP contribution in [0.15, 0.2) is 23.9 Å². The van der Waals surface area contributed by atoms with Crippen LogP contribution in [-0.2, 0) is 0 Å². The number of aliphatic hydroxyl groups is 1. The first kappa shape index (κ1) is 9.24. The van der Waals surface area contributed by atoms with Gasteiger partial charge in [-0.25, -0.2) is 0 Å². The van der Waals surface area contributed by atoms with Gasteiger partial charge in [-0.15, -0.1) is 0 Å². The van der Waals surface area contributed by atoms with Gasteiger partial charge in [0.15, 0.2) is 0 Å². The average Bonchev–Trinajstić information content (AvgIpc) is 1.97. The standard InChI is InChI=1S/C8H15NO/c1-3-4-5-8(2)9-6-7-10/h3-5,9-10H,6-7H2,1-2H3/b4-3-,8-5+. The molecule has 0 radical (unpaired) electrons. The summed E-state index contributed by atoms with van der Waals surface area (Å²) in [4.78, 5) is 0. The summed E-state index contributed by atoms with van der Waals surface area (Å²) in [5.74, 6) is 0. The van der Waals surface area contributed by atoms with E-state index in [1.165, 1.54) is 0 Å². The van der Waals surface area contributed by atoms with Crippen molar-refractivity contribution in [3.8, 4) is 0 Å². The maximum atomic E-state index is 8.43. The summed E-state index contributed by atoms with van der Waals surface area (Å²) in [5.41, 5.74) is 1.08. The summed E-state index contributed by atoms with van der Waals surface area (Å²) in [6, 6.07) is 0. The van der Waals surface area contributed by atoms with Gasteiger partial charge in [0.25, 0.3) is 0 Å². The molecular formula is C8H15NO. The highest BCUT2D eigenvalue weighted by Gasteiger charge is 1.81. The lowest BCUT2D eigenvalue weighted by Gasteiger charge is -2.01. The Morgan fingerprint density at radius 2 is 2.30 bits per heavy atom. The maximum absolute atomic E-state index is 8.43. The fourth-order valence-corrected chi connectivity index (χ4v) is 0.553. The van der Waals surface area contributed by atoms with Gasteiger partial charge in [-0.1, -0.05) is 12.2 Å². The predicted molar refractivity (Wildman–Crippen MR) is 43.7 cm³/mol. The molecule has 0 aliphatic heterocycles. The van der Waals surface area contributed by atoms with Crippen LogP contribution in [-0.4, -0.2) is 18.3 Å². The highest BCUT2D eigenvalue weighted by molar-refractivity contribution is 5.07. The molecule has 0 spiro atoms. The van der Waals surface area contributed by atoms with Crippen LogP contribution in [0.4, 0.5) is 0 Å². The zero-order valence-electron chi connectivity index (χ0n) is 6.59. The zero-order valence-corrected chi connectivity index (χ0v) is 6.59. The van der Waals surface area contributed by atoms with Crippen LogP contribution in [0.25, 0.3) is 0 Å². The third-order valence-electron chi connectivity index (χ3n) is 1.05. The second kappa shape index (κ2) is 6.36. The Balaban J connectivity index is 3.49. The van der Waals surface area contributed by atoms with E-state index < -0.39 is 0 Å². The van der Waals surface area contributed by atoms with E-state index in [-0.39, 0.29) is 6.61 Å². The monoisotopic (exact) mass is 141 g/mol. The first-order valence-electron chi connectivity index (χ1n) is 3.45. The lowest BCUT2D eigenvalue weighted by atomic mass is 10.4. The van der Waals surface area contributed by atoms with E-state index in [4.69, 9.17) is 5.11 Å². The quantitative estimate of drug-likeness (QED) is 0.573. The molecule has 0 aromatic rings. The molecule has 0 aromatic heterocycles. The summed E-state index contributed by atoms with van der Waals surface area (Å²) >= 11 is 0. The second-order valence-corrected chi connectivity index (χ2v) is 2.03. The minimum Gasteiger partial charge on any atom is -0.395 e. The van der Waals surface area contributed by atoms with Crippen molar-refractivity contribution in [2.45, 2.75) is 13.8 Å². The number of aliphatic hydroxyl groups excluding tert-OH is 1. The predicted octanol–water partition coefficient (Wildman–Crippen LogP) is 1.05. The van der Waals surface area contributed by atoms with Crippen LogP contribution in [0.5, 0.6) is 0 Å². The smallest absolute Gasteiger partial charge is 0.0603 e. The minimum atomic E-state index is 0.182. The molecule has 58 valence electrons. The Kier molecular flexibility index (Phi) is 5.88. The summed E-state index contributed by atoms with van der Waals surface area (Å²) in [6.07, 6.45) is 5.89. The number of rotatable bonds is 4. The Morgan fingerprint density at radius 3 is 2.80 bits per heavy atom. The molecule has 10 heavy (non-hydrogen) atoms. The number of hydrogen-bond acceptors (Lipinski definition) is 2. The highest BCUT2D eigenvalue weighted by atomic mass is 16.3. The molecule has 0 bridgehead atoms. The third-order valence-corrected chi connectivity index (χ3v) is 1.05. The van der Waals surface area contributed by atoms with Gasteiger partial charge >= 0.3 is 0 Å². The third kappa shape index (κ3) is 5.38. The van der Waals surface area contributed by atoms with Gasteiger partial charge < -0.3 is 10.4 Å². The number of nitrogens with one attached hydrogen (secondary N) is 1. The summed E-state index contributed by atoms with van der Waals surface area (Å²) in [7, 11) is 0. The van der Waals surface area contributed by atoms with E-state index in [2.05, 4.69) is 5.32 Å². The van der Waals surface area contributed by atoms with E-state index in [0.717, 1.165) is 5.70 Å². The van der Waals surface area contributed by atoms with Gasteiger partial charge in [0.05, 0.1) is 6.61 Å². The first-order valence-corrected chi connectivity index (χ1v) is 3.45. The average molecular weight is 141 g/mol. The van der Waals surface area contributed by atoms with Crippen molar-refractivity contribution in [2.75, 3.05) is 13.2 Å². The molecule has 2 heteroatoms. The largest absolute Gasteiger partial charge is 0.395 e. The van der Waals surface area contributed by atoms with Crippen LogP contribution < -0.4 is 5.32 Å². The van der Waals surface area contributed by atoms with Gasteiger partial charge in [0.1, 0.15) is 0 Å². The van der Waals surface area contributed by atoms with E-state index in [9.17, 15) is 0 Å². The van der Waals surface area contributed by atoms with E-state index in [1.807, 2.05) is 32.1 Å². The Morgan fingerprint density at radius 1 is 1.60 bits per heavy atom. The fraction of sp³-hybridized carbons (Fsp3) is 0.500. The van der Waals surface area contributed by atoms with Gasteiger partial charge in [0.2, 0.25) is 0 Å². The lowest BCUT2D eigenvalue weighted by Crippen LogP contribution is -2.15. The lowest BCUT2D eigenvalue weighted by molar-refractivity contribution is 0.297. The molecule has 0 rings (SSSR count). The molecule has 0 atom stereocenters. The second-order valence-electron chi connectivity index (χ2n) is 2.03. The van der Waals surface area contributed by atoms with Crippen molar-refractivity contribution in [2.24, 2.45) is 0 Å². The molecular weight excluding hydrogens is 126 g/mol. The molecule has 0 aliphatic rings. The van der Waals surface area contributed by atoms with Crippen molar-refractivity contribution in [3.63, 3.8) is 0 Å². The van der Waals surface area contributed by atoms with E-state index in [0.29, 0.717) is 6.54 Å². The van der Waals surface area contributed by atoms with Crippen LogP contribution in [0, 0.1) is 0 Å². The van der Waals surface area contributed by atoms with Crippen molar-refractivity contribution in [1.29, 1.82) is 0 Å². The van der Waals surface area contributed by atoms with Crippen LogP contribution in [0.3, 0.4) is 0 Å². The van der Waals surface area contributed by atoms with Gasteiger partial charge in [-0.05, 0) is 19.9 Å². The van der Waals surface area contributed by atoms with Crippen LogP contribution >= 0.6 is 0 Å². The molecule has 2 nitrogen and oxygen atoms in total. The molecule has 0 amide bonds. The maximum Gasteiger partial charge on any atom is 0.0603 e. The van der Waals surface area contributed by atoms with Crippen molar-refractivity contribution in [3.05, 3.63) is 23.9 Å². The molecule has 0 fully saturated rings. The number of hydrogen-bond donors (Lipinski definition) is 2. The SMILES string of the molecule is C/C=C\C=C(/C)NCCO. The molecule has 0 heterocycles. The molecule has 0 unspecified atom stereocenters. The Bertz CT molecular complexity index is 127. The molecule has 2 N–H and O–H groups in total. The van der Waals surface area contributed by atoms with E-state index in [1.54, 1.807) is 0 Å².